The summed E-state index contributed by atoms with van der Waals surface area (Å²) in [5.74, 6) is 1.43. The third-order valence-electron chi connectivity index (χ3n) is 2.01. The largest absolute Gasteiger partial charge is 0.489 e. The van der Waals surface area contributed by atoms with E-state index in [2.05, 4.69) is 33.1 Å². The Kier molecular flexibility index (Phi) is 2.30. The number of dihydropyridines is 1. The molecule has 3 heteroatoms. The van der Waals surface area contributed by atoms with Crippen molar-refractivity contribution in [2.24, 2.45) is 10.9 Å². The Morgan fingerprint density at radius 2 is 2.50 bits per heavy atom. The Bertz CT molecular complexity index is 257. The summed E-state index contributed by atoms with van der Waals surface area (Å²) in [6.45, 7) is 0.831. The van der Waals surface area contributed by atoms with Crippen LogP contribution < -0.4 is 0 Å². The van der Waals surface area contributed by atoms with Crippen LogP contribution in [0.4, 0.5) is 0 Å². The quantitative estimate of drug-likeness (QED) is 0.496. The van der Waals surface area contributed by atoms with E-state index in [0.717, 1.165) is 17.6 Å². The van der Waals surface area contributed by atoms with Crippen molar-refractivity contribution in [3.63, 3.8) is 0 Å². The van der Waals surface area contributed by atoms with Crippen molar-refractivity contribution in [2.75, 3.05) is 11.9 Å². The summed E-state index contributed by atoms with van der Waals surface area (Å²) in [6, 6.07) is 0. The highest BCUT2D eigenvalue weighted by Gasteiger charge is 2.21. The van der Waals surface area contributed by atoms with Crippen molar-refractivity contribution in [2.45, 2.75) is 6.10 Å². The fraction of sp³-hybridized carbons (Fsp3) is 0.444. The fourth-order valence-electron chi connectivity index (χ4n) is 1.35. The van der Waals surface area contributed by atoms with Crippen LogP contribution in [0.15, 0.2) is 29.0 Å². The van der Waals surface area contributed by atoms with Crippen LogP contribution in [0.2, 0.25) is 0 Å². The lowest BCUT2D eigenvalue weighted by atomic mass is 10.0. The Morgan fingerprint density at radius 3 is 3.33 bits per heavy atom. The number of hydrogen-bond acceptors (Lipinski definition) is 2. The van der Waals surface area contributed by atoms with E-state index in [9.17, 15) is 0 Å². The number of hydrogen-bond donors (Lipinski definition) is 0. The molecular formula is C9H10BrNO. The molecule has 0 saturated heterocycles. The van der Waals surface area contributed by atoms with Crippen molar-refractivity contribution in [1.29, 1.82) is 0 Å². The van der Waals surface area contributed by atoms with Crippen molar-refractivity contribution in [3.8, 4) is 0 Å². The molecule has 12 heavy (non-hydrogen) atoms. The maximum absolute atomic E-state index is 5.68. The average molecular weight is 228 g/mol. The number of nitrogens with zero attached hydrogens (tertiary/aromatic N) is 1. The Labute approximate surface area is 80.1 Å². The third kappa shape index (κ3) is 1.46. The predicted octanol–water partition coefficient (Wildman–Crippen LogP) is 1.92. The maximum atomic E-state index is 5.68. The first kappa shape index (κ1) is 8.05. The van der Waals surface area contributed by atoms with Gasteiger partial charge in [-0.15, -0.1) is 0 Å². The zero-order chi connectivity index (χ0) is 8.39. The minimum absolute atomic E-state index is 0.194. The highest BCUT2D eigenvalue weighted by atomic mass is 79.9. The number of allylic oxidation sites excluding steroid dienone is 1. The molecule has 2 rings (SSSR count). The minimum Gasteiger partial charge on any atom is -0.489 e. The van der Waals surface area contributed by atoms with Crippen molar-refractivity contribution in [1.82, 2.24) is 0 Å². The van der Waals surface area contributed by atoms with Crippen LogP contribution in [0.1, 0.15) is 0 Å². The highest BCUT2D eigenvalue weighted by molar-refractivity contribution is 9.09. The summed E-state index contributed by atoms with van der Waals surface area (Å²) >= 11 is 3.39. The first-order valence-corrected chi connectivity index (χ1v) is 5.13. The molecular weight excluding hydrogens is 218 g/mol. The monoisotopic (exact) mass is 227 g/mol. The number of fused-ring (bicyclic) bond motifs is 1. The van der Waals surface area contributed by atoms with Gasteiger partial charge in [0.2, 0.25) is 0 Å². The molecule has 0 saturated carbocycles. The van der Waals surface area contributed by atoms with Gasteiger partial charge >= 0.3 is 0 Å². The van der Waals surface area contributed by atoms with Gasteiger partial charge in [0.05, 0.1) is 12.5 Å². The van der Waals surface area contributed by atoms with E-state index in [4.69, 9.17) is 4.74 Å². The van der Waals surface area contributed by atoms with E-state index in [1.165, 1.54) is 0 Å². The Hall–Kier alpha value is -0.570. The van der Waals surface area contributed by atoms with Crippen molar-refractivity contribution in [3.05, 3.63) is 24.0 Å². The fourth-order valence-corrected chi connectivity index (χ4v) is 1.70. The van der Waals surface area contributed by atoms with Gasteiger partial charge in [-0.3, -0.25) is 4.99 Å². The minimum atomic E-state index is 0.194. The molecule has 0 amide bonds. The zero-order valence-electron chi connectivity index (χ0n) is 6.61. The molecule has 2 heterocycles. The lowest BCUT2D eigenvalue weighted by molar-refractivity contribution is 0.142. The Balaban J connectivity index is 2.17. The average Bonchev–Trinajstić information content (AvgIpc) is 2.17. The summed E-state index contributed by atoms with van der Waals surface area (Å²) in [5.41, 5.74) is 0. The topological polar surface area (TPSA) is 21.6 Å². The van der Waals surface area contributed by atoms with E-state index in [-0.39, 0.29) is 6.10 Å². The summed E-state index contributed by atoms with van der Waals surface area (Å²) in [6.07, 6.45) is 8.23. The van der Waals surface area contributed by atoms with Gasteiger partial charge in [0.15, 0.2) is 0 Å². The van der Waals surface area contributed by atoms with Gasteiger partial charge in [0, 0.05) is 11.5 Å². The third-order valence-corrected chi connectivity index (χ3v) is 2.65. The molecule has 2 unspecified atom stereocenters. The van der Waals surface area contributed by atoms with E-state index >= 15 is 0 Å². The standard InChI is InChI=1S/C9H10BrNO/c10-5-8-2-1-7-6-11-4-3-9(7)12-8/h1-4,7-8H,5-6H2. The molecule has 0 spiro atoms. The molecule has 0 fully saturated rings. The number of alkyl halides is 1. The second-order valence-electron chi connectivity index (χ2n) is 2.89. The molecule has 2 aliphatic heterocycles. The van der Waals surface area contributed by atoms with Gasteiger partial charge < -0.3 is 4.74 Å². The van der Waals surface area contributed by atoms with Gasteiger partial charge in [-0.25, -0.2) is 0 Å². The first-order valence-electron chi connectivity index (χ1n) is 4.01. The first-order chi connectivity index (χ1) is 5.90. The molecule has 0 aromatic heterocycles. The van der Waals surface area contributed by atoms with Crippen LogP contribution in [-0.2, 0) is 4.74 Å². The molecule has 64 valence electrons. The van der Waals surface area contributed by atoms with Crippen LogP contribution in [0.25, 0.3) is 0 Å². The lowest BCUT2D eigenvalue weighted by Gasteiger charge is -2.26. The van der Waals surface area contributed by atoms with Crippen molar-refractivity contribution >= 4 is 22.1 Å². The van der Waals surface area contributed by atoms with E-state index in [1.807, 2.05) is 12.3 Å². The highest BCUT2D eigenvalue weighted by Crippen LogP contribution is 2.24. The molecule has 0 aromatic carbocycles. The number of ether oxygens (including phenoxy) is 1. The number of halogens is 1. The lowest BCUT2D eigenvalue weighted by Crippen LogP contribution is -2.23. The zero-order valence-corrected chi connectivity index (χ0v) is 8.20. The van der Waals surface area contributed by atoms with Gasteiger partial charge in [0.1, 0.15) is 11.9 Å². The van der Waals surface area contributed by atoms with Crippen LogP contribution in [-0.4, -0.2) is 24.2 Å². The van der Waals surface area contributed by atoms with Gasteiger partial charge in [-0.2, -0.15) is 0 Å². The number of aliphatic imine (C=N–C) groups is 1. The van der Waals surface area contributed by atoms with Gasteiger partial charge in [0.25, 0.3) is 0 Å². The van der Waals surface area contributed by atoms with Crippen molar-refractivity contribution < 1.29 is 4.74 Å². The van der Waals surface area contributed by atoms with Crippen LogP contribution in [0, 0.1) is 5.92 Å². The summed E-state index contributed by atoms with van der Waals surface area (Å²) < 4.78 is 5.68. The Morgan fingerprint density at radius 1 is 1.58 bits per heavy atom. The molecule has 0 aliphatic carbocycles. The van der Waals surface area contributed by atoms with Gasteiger partial charge in [-0.1, -0.05) is 22.0 Å². The predicted molar refractivity (Wildman–Crippen MR) is 52.7 cm³/mol. The van der Waals surface area contributed by atoms with Crippen LogP contribution >= 0.6 is 15.9 Å². The molecule has 0 N–H and O–H groups in total. The molecule has 2 nitrogen and oxygen atoms in total. The van der Waals surface area contributed by atoms with Crippen LogP contribution in [0.3, 0.4) is 0 Å². The van der Waals surface area contributed by atoms with E-state index in [1.54, 1.807) is 0 Å². The second-order valence-corrected chi connectivity index (χ2v) is 3.53. The van der Waals surface area contributed by atoms with Gasteiger partial charge in [-0.05, 0) is 12.2 Å². The molecule has 2 aliphatic rings. The molecule has 0 radical (unpaired) electrons. The molecule has 2 atom stereocenters. The van der Waals surface area contributed by atoms with Crippen LogP contribution in [0.5, 0.6) is 0 Å². The second kappa shape index (κ2) is 3.44. The van der Waals surface area contributed by atoms with E-state index in [0.29, 0.717) is 5.92 Å². The number of rotatable bonds is 1. The summed E-state index contributed by atoms with van der Waals surface area (Å²) in [7, 11) is 0. The summed E-state index contributed by atoms with van der Waals surface area (Å²) in [5, 5.41) is 0.852. The molecule has 0 bridgehead atoms. The SMILES string of the molecule is BrCC1C=CC2CN=CC=C2O1. The normalized spacial score (nSPS) is 32.2. The smallest absolute Gasteiger partial charge is 0.126 e. The maximum Gasteiger partial charge on any atom is 0.126 e. The van der Waals surface area contributed by atoms with E-state index < -0.39 is 0 Å². The summed E-state index contributed by atoms with van der Waals surface area (Å²) in [4.78, 5) is 4.17. The molecule has 0 aromatic rings.